The van der Waals surface area contributed by atoms with Crippen LogP contribution in [0.25, 0.3) is 0 Å². The number of esters is 2. The number of hydrogen-bond acceptors (Lipinski definition) is 10. The molecular weight excluding hydrogens is 773 g/mol. The number of aliphatic hydroxyl groups excluding tert-OH is 4. The molecule has 0 aromatic rings. The number of allylic oxidation sites excluding steroid dienone is 16. The van der Waals surface area contributed by atoms with Gasteiger partial charge in [-0.3, -0.25) is 9.59 Å². The molecule has 10 nitrogen and oxygen atoms in total. The van der Waals surface area contributed by atoms with Crippen LogP contribution in [0.1, 0.15) is 155 Å². The van der Waals surface area contributed by atoms with Gasteiger partial charge < -0.3 is 39.4 Å². The Balaban J connectivity index is 2.43. The molecule has 10 heteroatoms. The number of ether oxygens (including phenoxy) is 4. The van der Waals surface area contributed by atoms with Crippen LogP contribution in [0.4, 0.5) is 0 Å². The quantitative estimate of drug-likeness (QED) is 0.0270. The maximum absolute atomic E-state index is 12.8. The van der Waals surface area contributed by atoms with Crippen molar-refractivity contribution in [1.82, 2.24) is 0 Å². The molecule has 0 radical (unpaired) electrons. The van der Waals surface area contributed by atoms with Crippen molar-refractivity contribution in [3.05, 3.63) is 97.2 Å². The van der Waals surface area contributed by atoms with Gasteiger partial charge in [0.1, 0.15) is 31.0 Å². The molecule has 6 atom stereocenters. The van der Waals surface area contributed by atoms with Gasteiger partial charge in [0.25, 0.3) is 0 Å². The van der Waals surface area contributed by atoms with Crippen LogP contribution in [-0.4, -0.2) is 89.0 Å². The summed E-state index contributed by atoms with van der Waals surface area (Å²) >= 11 is 0. The fourth-order valence-electron chi connectivity index (χ4n) is 6.24. The van der Waals surface area contributed by atoms with Crippen molar-refractivity contribution >= 4 is 11.9 Å². The third kappa shape index (κ3) is 32.0. The van der Waals surface area contributed by atoms with Crippen LogP contribution in [0.15, 0.2) is 97.2 Å². The minimum Gasteiger partial charge on any atom is -0.462 e. The topological polar surface area (TPSA) is 152 Å². The summed E-state index contributed by atoms with van der Waals surface area (Å²) in [4.78, 5) is 25.3. The molecule has 1 saturated heterocycles. The Hall–Kier alpha value is -3.38. The molecule has 0 saturated carbocycles. The molecule has 1 aliphatic heterocycles. The van der Waals surface area contributed by atoms with E-state index in [-0.39, 0.29) is 26.1 Å². The van der Waals surface area contributed by atoms with Gasteiger partial charge in [-0.25, -0.2) is 0 Å². The molecule has 1 fully saturated rings. The number of aliphatic hydroxyl groups is 4. The molecule has 2 unspecified atom stereocenters. The van der Waals surface area contributed by atoms with E-state index in [4.69, 9.17) is 18.9 Å². The average molecular weight is 855 g/mol. The third-order valence-electron chi connectivity index (χ3n) is 9.95. The molecule has 0 spiro atoms. The second-order valence-electron chi connectivity index (χ2n) is 15.5. The normalized spacial score (nSPS) is 20.7. The number of rotatable bonds is 37. The Morgan fingerprint density at radius 3 is 1.48 bits per heavy atom. The van der Waals surface area contributed by atoms with Gasteiger partial charge in [0.2, 0.25) is 0 Å². The van der Waals surface area contributed by atoms with Crippen LogP contribution >= 0.6 is 0 Å². The molecule has 1 rings (SSSR count). The van der Waals surface area contributed by atoms with E-state index < -0.39 is 55.4 Å². The molecule has 61 heavy (non-hydrogen) atoms. The van der Waals surface area contributed by atoms with Gasteiger partial charge in [0.15, 0.2) is 12.4 Å². The predicted octanol–water partition coefficient (Wildman–Crippen LogP) is 10.3. The van der Waals surface area contributed by atoms with E-state index in [2.05, 4.69) is 92.8 Å². The van der Waals surface area contributed by atoms with E-state index in [0.717, 1.165) is 51.4 Å². The number of unbranched alkanes of at least 4 members (excludes halogenated alkanes) is 10. The fourth-order valence-corrected chi connectivity index (χ4v) is 6.24. The zero-order valence-electron chi connectivity index (χ0n) is 37.6. The second kappa shape index (κ2) is 40.7. The Morgan fingerprint density at radius 2 is 0.951 bits per heavy atom. The van der Waals surface area contributed by atoms with E-state index >= 15 is 0 Å². The van der Waals surface area contributed by atoms with E-state index in [9.17, 15) is 30.0 Å². The van der Waals surface area contributed by atoms with Crippen LogP contribution < -0.4 is 0 Å². The molecule has 0 bridgehead atoms. The fraction of sp³-hybridized carbons (Fsp3) is 0.647. The lowest BCUT2D eigenvalue weighted by Gasteiger charge is -2.39. The maximum atomic E-state index is 12.8. The van der Waals surface area contributed by atoms with Gasteiger partial charge in [-0.2, -0.15) is 0 Å². The van der Waals surface area contributed by atoms with E-state index in [1.54, 1.807) is 0 Å². The Morgan fingerprint density at radius 1 is 0.508 bits per heavy atom. The highest BCUT2D eigenvalue weighted by Gasteiger charge is 2.44. The van der Waals surface area contributed by atoms with Gasteiger partial charge in [0, 0.05) is 12.8 Å². The summed E-state index contributed by atoms with van der Waals surface area (Å²) in [6.07, 6.45) is 47.1. The lowest BCUT2D eigenvalue weighted by molar-refractivity contribution is -0.305. The SMILES string of the molecule is CCCCC/C=C/C/C=C/C/C=C/C/C=C/C/C=C/CCC(=O)O[C@H](COC(=O)CCC/C=C/C/C=C/C/C=C/CCCCCCCC)CO[C@@H]1O[C@H](CO)[C@H](O)C(O)C1O. The van der Waals surface area contributed by atoms with Crippen molar-refractivity contribution in [1.29, 1.82) is 0 Å². The largest absolute Gasteiger partial charge is 0.462 e. The van der Waals surface area contributed by atoms with Crippen LogP contribution in [-0.2, 0) is 28.5 Å². The van der Waals surface area contributed by atoms with Gasteiger partial charge in [-0.15, -0.1) is 0 Å². The minimum absolute atomic E-state index is 0.0904. The first-order valence-corrected chi connectivity index (χ1v) is 23.3. The lowest BCUT2D eigenvalue weighted by Crippen LogP contribution is -2.59. The number of carbonyl (C=O) groups excluding carboxylic acids is 2. The Labute approximate surface area is 368 Å². The molecular formula is C51H82O10. The van der Waals surface area contributed by atoms with Gasteiger partial charge >= 0.3 is 11.9 Å². The Kier molecular flexibility index (Phi) is 37.1. The van der Waals surface area contributed by atoms with E-state index in [1.807, 2.05) is 18.2 Å². The van der Waals surface area contributed by atoms with Crippen molar-refractivity contribution in [2.45, 2.75) is 192 Å². The lowest BCUT2D eigenvalue weighted by atomic mass is 9.99. The average Bonchev–Trinajstić information content (AvgIpc) is 3.26. The van der Waals surface area contributed by atoms with Gasteiger partial charge in [-0.05, 0) is 83.5 Å². The summed E-state index contributed by atoms with van der Waals surface area (Å²) in [5, 5.41) is 40.1. The monoisotopic (exact) mass is 855 g/mol. The van der Waals surface area contributed by atoms with Crippen LogP contribution in [0.2, 0.25) is 0 Å². The summed E-state index contributed by atoms with van der Waals surface area (Å²) in [5.74, 6) is -0.973. The smallest absolute Gasteiger partial charge is 0.306 e. The van der Waals surface area contributed by atoms with Crippen molar-refractivity contribution in [3.8, 4) is 0 Å². The molecule has 0 amide bonds. The van der Waals surface area contributed by atoms with E-state index in [0.29, 0.717) is 12.8 Å². The van der Waals surface area contributed by atoms with E-state index in [1.165, 1.54) is 64.2 Å². The van der Waals surface area contributed by atoms with Crippen LogP contribution in [0.5, 0.6) is 0 Å². The van der Waals surface area contributed by atoms with Crippen LogP contribution in [0.3, 0.4) is 0 Å². The number of carbonyl (C=O) groups is 2. The first kappa shape index (κ1) is 55.6. The third-order valence-corrected chi connectivity index (χ3v) is 9.95. The molecule has 346 valence electrons. The predicted molar refractivity (Wildman–Crippen MR) is 247 cm³/mol. The molecule has 1 heterocycles. The summed E-state index contributed by atoms with van der Waals surface area (Å²) in [7, 11) is 0. The molecule has 4 N–H and O–H groups in total. The van der Waals surface area contributed by atoms with Gasteiger partial charge in [-0.1, -0.05) is 156 Å². The minimum atomic E-state index is -1.62. The maximum Gasteiger partial charge on any atom is 0.306 e. The Bertz CT molecular complexity index is 1310. The van der Waals surface area contributed by atoms with Crippen molar-refractivity contribution in [2.75, 3.05) is 19.8 Å². The second-order valence-corrected chi connectivity index (χ2v) is 15.5. The van der Waals surface area contributed by atoms with Crippen molar-refractivity contribution < 1.29 is 49.0 Å². The highest BCUT2D eigenvalue weighted by molar-refractivity contribution is 5.70. The van der Waals surface area contributed by atoms with Gasteiger partial charge in [0.05, 0.1) is 13.2 Å². The zero-order valence-corrected chi connectivity index (χ0v) is 37.6. The molecule has 0 aromatic heterocycles. The highest BCUT2D eigenvalue weighted by atomic mass is 16.7. The standard InChI is InChI=1S/C51H82O10/c1-3-5-7-9-11-13-15-17-19-21-22-24-26-28-30-32-34-36-38-40-47(54)60-44(43-59-51-50(57)49(56)48(55)45(41-52)61-51)42-58-46(53)39-37-35-33-31-29-27-25-23-20-18-16-14-12-10-8-6-4-2/h11,13,17-20,22,24-25,27-28,30-31,33-34,36,44-45,48-52,55-57H,3-10,12,14-16,21,23,26,29,32,35,37-43H2,1-2H3/b13-11+,19-17+,20-18+,24-22+,27-25+,30-28+,33-31+,36-34+/t44-,45-,48+,49?,50?,51-/m1/s1. The summed E-state index contributed by atoms with van der Waals surface area (Å²) in [5.41, 5.74) is 0. The molecule has 0 aromatic carbocycles. The van der Waals surface area contributed by atoms with Crippen molar-refractivity contribution in [3.63, 3.8) is 0 Å². The highest BCUT2D eigenvalue weighted by Crippen LogP contribution is 2.22. The first-order valence-electron chi connectivity index (χ1n) is 23.3. The number of hydrogen-bond donors (Lipinski definition) is 4. The molecule has 1 aliphatic rings. The summed E-state index contributed by atoms with van der Waals surface area (Å²) in [6, 6.07) is 0. The summed E-state index contributed by atoms with van der Waals surface area (Å²) < 4.78 is 22.0. The zero-order chi connectivity index (χ0) is 44.4. The van der Waals surface area contributed by atoms with Crippen LogP contribution in [0, 0.1) is 0 Å². The summed E-state index contributed by atoms with van der Waals surface area (Å²) in [6.45, 7) is 3.25. The van der Waals surface area contributed by atoms with Crippen molar-refractivity contribution in [2.24, 2.45) is 0 Å². The molecule has 0 aliphatic carbocycles. The first-order chi connectivity index (χ1) is 29.8.